The normalized spacial score (nSPS) is 19.9. The molecule has 0 amide bonds. The second-order valence-corrected chi connectivity index (χ2v) is 10.9. The molecule has 8 nitrogen and oxygen atoms in total. The van der Waals surface area contributed by atoms with Crippen molar-refractivity contribution in [2.45, 2.75) is 49.0 Å². The van der Waals surface area contributed by atoms with Crippen molar-refractivity contribution in [3.63, 3.8) is 0 Å². The number of fused-ring (bicyclic) bond motifs is 2. The van der Waals surface area contributed by atoms with E-state index in [9.17, 15) is 8.78 Å². The summed E-state index contributed by atoms with van der Waals surface area (Å²) < 4.78 is 44.0. The Morgan fingerprint density at radius 3 is 2.85 bits per heavy atom. The van der Waals surface area contributed by atoms with Gasteiger partial charge in [0.05, 0.1) is 0 Å². The Morgan fingerprint density at radius 1 is 1.27 bits per heavy atom. The Balaban J connectivity index is 1.35. The molecule has 0 spiro atoms. The van der Waals surface area contributed by atoms with Crippen molar-refractivity contribution in [3.05, 3.63) is 36.7 Å². The summed E-state index contributed by atoms with van der Waals surface area (Å²) in [5, 5.41) is 0.693. The number of methoxy groups -OCH3 is 1. The van der Waals surface area contributed by atoms with Gasteiger partial charge in [-0.2, -0.15) is 0 Å². The molecule has 4 aromatic rings. The number of H-pyrrole nitrogens is 1. The van der Waals surface area contributed by atoms with Gasteiger partial charge in [-0.05, 0) is 0 Å². The van der Waals surface area contributed by atoms with Crippen molar-refractivity contribution in [2.24, 2.45) is 0 Å². The Kier molecular flexibility index (Phi) is 6.32. The summed E-state index contributed by atoms with van der Waals surface area (Å²) in [6.45, 7) is 1.43. The first-order chi connectivity index (χ1) is 16.0. The first kappa shape index (κ1) is 22.3. The second-order valence-electron chi connectivity index (χ2n) is 7.97. The van der Waals surface area contributed by atoms with Gasteiger partial charge in [0.2, 0.25) is 0 Å². The van der Waals surface area contributed by atoms with Gasteiger partial charge in [0.15, 0.2) is 0 Å². The van der Waals surface area contributed by atoms with Crippen LogP contribution >= 0.6 is 0 Å². The number of hydrogen-bond donors (Lipinski definition) is 2. The zero-order valence-corrected chi connectivity index (χ0v) is 20.3. The van der Waals surface area contributed by atoms with Crippen molar-refractivity contribution in [1.82, 2.24) is 24.3 Å². The molecule has 2 N–H and O–H groups in total. The number of alkyl halides is 2. The topological polar surface area (TPSA) is 89.4 Å². The number of imidazole rings is 1. The van der Waals surface area contributed by atoms with Crippen LogP contribution in [0.15, 0.2) is 30.9 Å². The van der Waals surface area contributed by atoms with Crippen molar-refractivity contribution in [1.29, 1.82) is 0 Å². The van der Waals surface area contributed by atoms with Gasteiger partial charge in [0.25, 0.3) is 0 Å². The maximum absolute atomic E-state index is 14.5. The predicted octanol–water partition coefficient (Wildman–Crippen LogP) is 1.48. The van der Waals surface area contributed by atoms with Gasteiger partial charge in [-0.1, -0.05) is 0 Å². The minimum absolute atomic E-state index is 0.0154. The van der Waals surface area contributed by atoms with Crippen LogP contribution in [0, 0.1) is 5.82 Å². The third-order valence-corrected chi connectivity index (χ3v) is 8.64. The maximum atomic E-state index is 14.5. The van der Waals surface area contributed by atoms with Crippen LogP contribution in [0.5, 0.6) is 5.88 Å². The van der Waals surface area contributed by atoms with Gasteiger partial charge in [-0.25, -0.2) is 0 Å². The number of aromatic amines is 1. The van der Waals surface area contributed by atoms with E-state index in [1.54, 1.807) is 30.1 Å². The fraction of sp³-hybridized carbons (Fsp3) is 0.409. The molecular weight excluding hydrogens is 545 g/mol. The van der Waals surface area contributed by atoms with E-state index >= 15 is 0 Å². The van der Waals surface area contributed by atoms with E-state index in [-0.39, 0.29) is 11.8 Å². The van der Waals surface area contributed by atoms with Crippen molar-refractivity contribution in [3.8, 4) is 17.0 Å². The third-order valence-electron chi connectivity index (χ3n) is 5.72. The number of ether oxygens (including phenoxy) is 2. The fourth-order valence-electron chi connectivity index (χ4n) is 4.21. The molecule has 1 saturated carbocycles. The SMILES string of the molecule is COc1nc(N[I-]C2CCC(OC(C)F)CC2)nc2[nH]cc(-c3cc(F)c4nccn4c3)c12. The molecule has 0 aliphatic heterocycles. The van der Waals surface area contributed by atoms with E-state index in [0.29, 0.717) is 32.3 Å². The molecule has 1 aliphatic rings. The Morgan fingerprint density at radius 2 is 2.09 bits per heavy atom. The van der Waals surface area contributed by atoms with Crippen LogP contribution in [-0.2, 0) is 4.74 Å². The summed E-state index contributed by atoms with van der Waals surface area (Å²) in [7, 11) is 1.56. The van der Waals surface area contributed by atoms with Crippen molar-refractivity contribution >= 4 is 22.6 Å². The van der Waals surface area contributed by atoms with E-state index < -0.39 is 33.7 Å². The molecule has 33 heavy (non-hydrogen) atoms. The summed E-state index contributed by atoms with van der Waals surface area (Å²) in [5.41, 5.74) is 2.31. The molecule has 11 heteroatoms. The number of nitrogens with one attached hydrogen (secondary N) is 2. The molecule has 5 rings (SSSR count). The van der Waals surface area contributed by atoms with Gasteiger partial charge < -0.3 is 0 Å². The predicted molar refractivity (Wildman–Crippen MR) is 116 cm³/mol. The fourth-order valence-corrected chi connectivity index (χ4v) is 6.52. The van der Waals surface area contributed by atoms with E-state index in [1.807, 2.05) is 6.20 Å². The monoisotopic (exact) mass is 569 g/mol. The van der Waals surface area contributed by atoms with Gasteiger partial charge in [-0.3, -0.25) is 0 Å². The molecule has 1 atom stereocenters. The number of hydrogen-bond acceptors (Lipinski definition) is 6. The van der Waals surface area contributed by atoms with Gasteiger partial charge in [0, 0.05) is 0 Å². The van der Waals surface area contributed by atoms with Crippen LogP contribution in [0.2, 0.25) is 0 Å². The second kappa shape index (κ2) is 9.37. The van der Waals surface area contributed by atoms with Gasteiger partial charge >= 0.3 is 200 Å². The number of aromatic nitrogens is 5. The van der Waals surface area contributed by atoms with E-state index in [4.69, 9.17) is 9.47 Å². The molecule has 4 heterocycles. The van der Waals surface area contributed by atoms with E-state index in [0.717, 1.165) is 31.2 Å². The van der Waals surface area contributed by atoms with Crippen LogP contribution in [0.1, 0.15) is 32.6 Å². The Hall–Kier alpha value is -2.54. The summed E-state index contributed by atoms with van der Waals surface area (Å²) in [5.74, 6) is 0.520. The van der Waals surface area contributed by atoms with E-state index in [1.165, 1.54) is 13.0 Å². The van der Waals surface area contributed by atoms with Gasteiger partial charge in [0.1, 0.15) is 0 Å². The standard InChI is InChI=1S/C22H24F2IN6O2/c1-12(23)33-15-5-3-14(4-6-15)25-30-22-28-19-18(21(29-22)32-2)16(10-27-19)13-9-17(24)20-26-7-8-31(20)11-13/h7-12,14-15H,3-6H2,1-2H3,(H2,27,28,29,30)/q-1. The summed E-state index contributed by atoms with van der Waals surface area (Å²) in [6, 6.07) is 1.45. The van der Waals surface area contributed by atoms with Crippen LogP contribution in [0.4, 0.5) is 14.7 Å². The van der Waals surface area contributed by atoms with E-state index in [2.05, 4.69) is 23.5 Å². The molecule has 0 aromatic carbocycles. The average Bonchev–Trinajstić information content (AvgIpc) is 3.45. The quantitative estimate of drug-likeness (QED) is 0.199. The number of anilines is 1. The zero-order valence-electron chi connectivity index (χ0n) is 18.2. The first-order valence-corrected chi connectivity index (χ1v) is 13.1. The average molecular weight is 569 g/mol. The number of rotatable bonds is 7. The Labute approximate surface area is 199 Å². The van der Waals surface area contributed by atoms with Gasteiger partial charge in [-0.15, -0.1) is 0 Å². The van der Waals surface area contributed by atoms with Crippen LogP contribution < -0.4 is 29.7 Å². The molecule has 0 radical (unpaired) electrons. The molecule has 0 bridgehead atoms. The van der Waals surface area contributed by atoms with Crippen LogP contribution in [0.3, 0.4) is 0 Å². The number of nitrogens with zero attached hydrogens (tertiary/aromatic N) is 4. The number of halogens is 3. The molecule has 1 aliphatic carbocycles. The summed E-state index contributed by atoms with van der Waals surface area (Å²) in [6.07, 6.45) is 9.43. The zero-order chi connectivity index (χ0) is 22.9. The summed E-state index contributed by atoms with van der Waals surface area (Å²) in [4.78, 5) is 16.4. The third kappa shape index (κ3) is 4.60. The number of pyridine rings is 1. The molecular formula is C22H24F2IN6O2-. The van der Waals surface area contributed by atoms with Crippen molar-refractivity contribution < 1.29 is 39.7 Å². The van der Waals surface area contributed by atoms with Crippen LogP contribution in [0.25, 0.3) is 27.8 Å². The summed E-state index contributed by atoms with van der Waals surface area (Å²) >= 11 is -0.401. The first-order valence-electron chi connectivity index (χ1n) is 10.8. The molecule has 176 valence electrons. The Bertz CT molecular complexity index is 1270. The molecule has 1 fully saturated rings. The van der Waals surface area contributed by atoms with Crippen molar-refractivity contribution in [2.75, 3.05) is 10.6 Å². The van der Waals surface area contributed by atoms with Crippen LogP contribution in [-0.4, -0.2) is 47.8 Å². The minimum atomic E-state index is -1.21. The molecule has 1 unspecified atom stereocenters. The molecule has 0 saturated heterocycles. The molecule has 4 aromatic heterocycles.